The van der Waals surface area contributed by atoms with E-state index in [1.807, 2.05) is 35.3 Å². The van der Waals surface area contributed by atoms with Crippen molar-refractivity contribution in [3.05, 3.63) is 126 Å². The minimum absolute atomic E-state index is 0. The number of benzene rings is 3. The first-order valence-corrected chi connectivity index (χ1v) is 13.7. The van der Waals surface area contributed by atoms with Gasteiger partial charge in [-0.05, 0) is 40.0 Å². The van der Waals surface area contributed by atoms with Crippen LogP contribution in [0.25, 0.3) is 22.0 Å². The fourth-order valence-corrected chi connectivity index (χ4v) is 5.96. The molecule has 0 atom stereocenters. The first kappa shape index (κ1) is 28.3. The number of hydrogen-bond donors (Lipinski definition) is 0. The van der Waals surface area contributed by atoms with Gasteiger partial charge in [-0.25, -0.2) is 0 Å². The van der Waals surface area contributed by atoms with Crippen LogP contribution in [-0.2, 0) is 30.9 Å². The van der Waals surface area contributed by atoms with Crippen molar-refractivity contribution < 1.29 is 20.1 Å². The second kappa shape index (κ2) is 11.0. The Morgan fingerprint density at radius 1 is 0.750 bits per heavy atom. The van der Waals surface area contributed by atoms with Crippen LogP contribution in [0.4, 0.5) is 0 Å². The zero-order chi connectivity index (χ0) is 27.2. The van der Waals surface area contributed by atoms with Crippen LogP contribution in [0.15, 0.2) is 103 Å². The van der Waals surface area contributed by atoms with E-state index >= 15 is 0 Å². The van der Waals surface area contributed by atoms with E-state index in [0.29, 0.717) is 0 Å². The molecule has 0 bridgehead atoms. The fourth-order valence-electron chi connectivity index (χ4n) is 5.96. The number of nitrogens with zero attached hydrogens (tertiary/aromatic N) is 4. The van der Waals surface area contributed by atoms with Crippen LogP contribution in [0.1, 0.15) is 39.0 Å². The standard InChI is InChI=1S/C18H15B2N2.C15H17N2.Ir/c1-19-16-10-4-2-8-14(16)15-9-3-5-11-17(15)20(22-19)18-12-6-7-13-21-18;1-14(2)11-7-5-6-8-12(11)17-13(9-10-16-17)15(14,3)4;/h2-13H,1H3;5-7,9-10H,1-4H3;/q2*-1;. The molecule has 3 aromatic carbocycles. The Morgan fingerprint density at radius 3 is 2.15 bits per heavy atom. The molecule has 0 N–H and O–H groups in total. The van der Waals surface area contributed by atoms with Crippen molar-refractivity contribution in [1.29, 1.82) is 0 Å². The minimum Gasteiger partial charge on any atom is -0.696 e. The van der Waals surface area contributed by atoms with Crippen molar-refractivity contribution in [1.82, 2.24) is 14.8 Å². The molecule has 1 radical (unpaired) electrons. The Labute approximate surface area is 252 Å². The zero-order valence-corrected chi connectivity index (χ0v) is 26.0. The Balaban J connectivity index is 0.000000162. The Hall–Kier alpha value is -3.24. The molecular formula is C33H32B2IrN4-2. The van der Waals surface area contributed by atoms with Crippen LogP contribution in [0, 0.1) is 6.07 Å². The third kappa shape index (κ3) is 4.60. The Morgan fingerprint density at radius 2 is 1.43 bits per heavy atom. The third-order valence-corrected chi connectivity index (χ3v) is 8.86. The number of aromatic nitrogens is 3. The van der Waals surface area contributed by atoms with Gasteiger partial charge in [0.1, 0.15) is 6.85 Å². The van der Waals surface area contributed by atoms with Crippen molar-refractivity contribution >= 4 is 30.2 Å². The van der Waals surface area contributed by atoms with Crippen LogP contribution in [-0.4, -0.2) is 28.5 Å². The molecule has 2 aromatic heterocycles. The summed E-state index contributed by atoms with van der Waals surface area (Å²) in [6.45, 7) is 11.5. The summed E-state index contributed by atoms with van der Waals surface area (Å²) in [5.41, 5.74) is 9.90. The smallest absolute Gasteiger partial charge is 0.107 e. The van der Waals surface area contributed by atoms with Crippen LogP contribution < -0.4 is 16.5 Å². The molecule has 2 aliphatic rings. The van der Waals surface area contributed by atoms with Crippen molar-refractivity contribution in [3.8, 4) is 16.8 Å². The molecule has 7 rings (SSSR count). The molecule has 4 heterocycles. The zero-order valence-electron chi connectivity index (χ0n) is 23.6. The van der Waals surface area contributed by atoms with Gasteiger partial charge < -0.3 is 5.14 Å². The first-order chi connectivity index (χ1) is 18.8. The SMILES string of the molecule is CB1[N-]B(c2ccccn2)c2ccccc2-c2ccccc21.CC1(C)c2ccc[c-]c2-n2nccc2C1(C)C.[Ir]. The van der Waals surface area contributed by atoms with Crippen molar-refractivity contribution in [2.45, 2.75) is 45.3 Å². The first-order valence-electron chi connectivity index (χ1n) is 13.7. The Bertz CT molecular complexity index is 1630. The molecule has 2 aliphatic heterocycles. The number of para-hydroxylation sites is 1. The number of hydrogen-bond acceptors (Lipinski definition) is 2. The summed E-state index contributed by atoms with van der Waals surface area (Å²) >= 11 is 0. The van der Waals surface area contributed by atoms with Crippen LogP contribution in [0.3, 0.4) is 0 Å². The van der Waals surface area contributed by atoms with Crippen molar-refractivity contribution in [2.75, 3.05) is 0 Å². The van der Waals surface area contributed by atoms with Gasteiger partial charge in [0.15, 0.2) is 0 Å². The molecule has 0 spiro atoms. The van der Waals surface area contributed by atoms with E-state index in [1.165, 1.54) is 33.3 Å². The van der Waals surface area contributed by atoms with Gasteiger partial charge in [0.25, 0.3) is 0 Å². The van der Waals surface area contributed by atoms with E-state index in [4.69, 9.17) is 5.14 Å². The number of rotatable bonds is 1. The van der Waals surface area contributed by atoms with Gasteiger partial charge in [-0.2, -0.15) is 29.4 Å². The maximum atomic E-state index is 5.07. The molecule has 0 unspecified atom stereocenters. The topological polar surface area (TPSA) is 44.8 Å². The maximum Gasteiger partial charge on any atom is 0.107 e. The van der Waals surface area contributed by atoms with Gasteiger partial charge in [-0.3, -0.25) is 9.67 Å². The average Bonchev–Trinajstić information content (AvgIpc) is 3.43. The van der Waals surface area contributed by atoms with E-state index in [1.54, 1.807) is 0 Å². The molecule has 0 saturated carbocycles. The summed E-state index contributed by atoms with van der Waals surface area (Å²) in [5.74, 6) is 0. The van der Waals surface area contributed by atoms with E-state index in [0.717, 1.165) is 11.3 Å². The summed E-state index contributed by atoms with van der Waals surface area (Å²) in [6.07, 6.45) is 3.72. The molecule has 0 aliphatic carbocycles. The largest absolute Gasteiger partial charge is 0.696 e. The predicted molar refractivity (Wildman–Crippen MR) is 164 cm³/mol. The summed E-state index contributed by atoms with van der Waals surface area (Å²) in [4.78, 5) is 4.55. The normalized spacial score (nSPS) is 15.6. The second-order valence-electron chi connectivity index (χ2n) is 11.5. The average molecular weight is 698 g/mol. The van der Waals surface area contributed by atoms with Gasteiger partial charge in [-0.15, -0.1) is 12.4 Å². The maximum absolute atomic E-state index is 5.07. The second-order valence-corrected chi connectivity index (χ2v) is 11.5. The summed E-state index contributed by atoms with van der Waals surface area (Å²) in [7, 11) is 0. The van der Waals surface area contributed by atoms with Crippen LogP contribution in [0.2, 0.25) is 6.82 Å². The van der Waals surface area contributed by atoms with Crippen LogP contribution >= 0.6 is 0 Å². The monoisotopic (exact) mass is 699 g/mol. The van der Waals surface area contributed by atoms with E-state index in [2.05, 4.69) is 123 Å². The van der Waals surface area contributed by atoms with Gasteiger partial charge >= 0.3 is 0 Å². The molecule has 0 amide bonds. The molecular weight excluding hydrogens is 666 g/mol. The van der Waals surface area contributed by atoms with E-state index < -0.39 is 0 Å². The summed E-state index contributed by atoms with van der Waals surface area (Å²) < 4.78 is 2.03. The van der Waals surface area contributed by atoms with E-state index in [9.17, 15) is 0 Å². The molecule has 7 heteroatoms. The van der Waals surface area contributed by atoms with E-state index in [-0.39, 0.29) is 44.6 Å². The molecule has 0 saturated heterocycles. The van der Waals surface area contributed by atoms with Gasteiger partial charge in [0, 0.05) is 50.5 Å². The molecule has 40 heavy (non-hydrogen) atoms. The third-order valence-electron chi connectivity index (χ3n) is 8.86. The molecule has 201 valence electrons. The van der Waals surface area contributed by atoms with Gasteiger partial charge in [-0.1, -0.05) is 99.3 Å². The summed E-state index contributed by atoms with van der Waals surface area (Å²) in [5, 5.41) is 9.51. The van der Waals surface area contributed by atoms with Crippen molar-refractivity contribution in [3.63, 3.8) is 0 Å². The minimum atomic E-state index is -0.0141. The number of pyridine rings is 1. The fraction of sp³-hybridized carbons (Fsp3) is 0.212. The molecule has 5 aromatic rings. The quantitative estimate of drug-likeness (QED) is 0.176. The van der Waals surface area contributed by atoms with Crippen LogP contribution in [0.5, 0.6) is 0 Å². The molecule has 0 fully saturated rings. The number of fused-ring (bicyclic) bond motifs is 6. The van der Waals surface area contributed by atoms with Gasteiger partial charge in [0.05, 0.1) is 0 Å². The summed E-state index contributed by atoms with van der Waals surface area (Å²) in [6, 6.07) is 34.8. The predicted octanol–water partition coefficient (Wildman–Crippen LogP) is 5.31. The van der Waals surface area contributed by atoms with Crippen molar-refractivity contribution in [2.24, 2.45) is 0 Å². The molecule has 4 nitrogen and oxygen atoms in total. The Kier molecular flexibility index (Phi) is 7.76. The van der Waals surface area contributed by atoms with Gasteiger partial charge in [0.2, 0.25) is 0 Å².